The minimum absolute atomic E-state index is 0.0421. The summed E-state index contributed by atoms with van der Waals surface area (Å²) < 4.78 is 4.74. The molecule has 0 N–H and O–H groups in total. The highest BCUT2D eigenvalue weighted by Gasteiger charge is 2.33. The van der Waals surface area contributed by atoms with Gasteiger partial charge < -0.3 is 4.74 Å². The number of carbonyl (C=O) groups is 2. The molecule has 0 spiro atoms. The van der Waals surface area contributed by atoms with Crippen LogP contribution in [0.3, 0.4) is 0 Å². The van der Waals surface area contributed by atoms with Gasteiger partial charge in [0.2, 0.25) is 5.91 Å². The number of hydrogen-bond donors (Lipinski definition) is 0. The number of amides is 1. The van der Waals surface area contributed by atoms with Crippen LogP contribution in [0.15, 0.2) is 24.4 Å². The van der Waals surface area contributed by atoms with Gasteiger partial charge in [0.25, 0.3) is 0 Å². The molecule has 1 fully saturated rings. The Labute approximate surface area is 62.7 Å². The standard InChI is InChI=1S/C7H5NO3/c9-6-3-7(10)8-1-2-11-4-5(6)8/h1-2,4H,3H2. The van der Waals surface area contributed by atoms with E-state index in [4.69, 9.17) is 4.74 Å². The molecule has 11 heavy (non-hydrogen) atoms. The van der Waals surface area contributed by atoms with E-state index in [1.54, 1.807) is 0 Å². The second kappa shape index (κ2) is 1.95. The number of ether oxygens (including phenoxy) is 1. The molecule has 0 aliphatic carbocycles. The molecule has 1 saturated heterocycles. The molecule has 2 aliphatic heterocycles. The Hall–Kier alpha value is -1.58. The van der Waals surface area contributed by atoms with E-state index in [1.807, 2.05) is 0 Å². The molecular weight excluding hydrogens is 146 g/mol. The Morgan fingerprint density at radius 3 is 3.00 bits per heavy atom. The molecule has 2 aliphatic rings. The molecular formula is C7H5NO3. The third-order valence-electron chi connectivity index (χ3n) is 1.59. The SMILES string of the molecule is O=C1CC(=O)N2C=COC=C12. The van der Waals surface area contributed by atoms with Gasteiger partial charge in [-0.05, 0) is 0 Å². The molecule has 1 amide bonds. The molecule has 0 atom stereocenters. The maximum Gasteiger partial charge on any atom is 0.239 e. The lowest BCUT2D eigenvalue weighted by molar-refractivity contribution is -0.125. The first-order valence-corrected chi connectivity index (χ1v) is 3.16. The summed E-state index contributed by atoms with van der Waals surface area (Å²) in [6.07, 6.45) is 4.05. The van der Waals surface area contributed by atoms with E-state index in [2.05, 4.69) is 0 Å². The minimum Gasteiger partial charge on any atom is -0.469 e. The summed E-state index contributed by atoms with van der Waals surface area (Å²) in [5, 5.41) is 0. The smallest absolute Gasteiger partial charge is 0.239 e. The highest BCUT2D eigenvalue weighted by molar-refractivity contribution is 6.15. The van der Waals surface area contributed by atoms with Gasteiger partial charge in [0.15, 0.2) is 5.78 Å². The van der Waals surface area contributed by atoms with Gasteiger partial charge in [-0.15, -0.1) is 0 Å². The zero-order chi connectivity index (χ0) is 7.84. The third kappa shape index (κ3) is 0.756. The molecule has 0 radical (unpaired) electrons. The summed E-state index contributed by atoms with van der Waals surface area (Å²) >= 11 is 0. The zero-order valence-corrected chi connectivity index (χ0v) is 5.61. The van der Waals surface area contributed by atoms with Crippen LogP contribution in [0, 0.1) is 0 Å². The first-order valence-electron chi connectivity index (χ1n) is 3.16. The molecule has 0 aromatic carbocycles. The summed E-state index contributed by atoms with van der Waals surface area (Å²) in [5.41, 5.74) is 0.331. The van der Waals surface area contributed by atoms with Crippen molar-refractivity contribution in [1.29, 1.82) is 0 Å². The normalized spacial score (nSPS) is 21.5. The number of fused-ring (bicyclic) bond motifs is 1. The molecule has 0 aromatic rings. The van der Waals surface area contributed by atoms with Crippen LogP contribution in [0.1, 0.15) is 6.42 Å². The second-order valence-electron chi connectivity index (χ2n) is 2.29. The van der Waals surface area contributed by atoms with Crippen LogP contribution in [0.5, 0.6) is 0 Å². The average Bonchev–Trinajstić information content (AvgIpc) is 2.30. The fraction of sp³-hybridized carbons (Fsp3) is 0.143. The van der Waals surface area contributed by atoms with Crippen molar-refractivity contribution in [2.75, 3.05) is 0 Å². The molecule has 56 valence electrons. The first-order chi connectivity index (χ1) is 5.29. The Morgan fingerprint density at radius 2 is 2.27 bits per heavy atom. The molecule has 0 unspecified atom stereocenters. The van der Waals surface area contributed by atoms with Crippen molar-refractivity contribution in [3.05, 3.63) is 24.4 Å². The molecule has 0 bridgehead atoms. The van der Waals surface area contributed by atoms with E-state index in [0.717, 1.165) is 0 Å². The van der Waals surface area contributed by atoms with Crippen LogP contribution in [0.25, 0.3) is 0 Å². The molecule has 4 nitrogen and oxygen atoms in total. The number of Topliss-reactive ketones (excluding diaryl/α,β-unsaturated/α-hetero) is 1. The fourth-order valence-corrected chi connectivity index (χ4v) is 1.07. The highest BCUT2D eigenvalue weighted by atomic mass is 16.5. The van der Waals surface area contributed by atoms with Crippen LogP contribution in [0.2, 0.25) is 0 Å². The number of rotatable bonds is 0. The predicted molar refractivity (Wildman–Crippen MR) is 34.8 cm³/mol. The van der Waals surface area contributed by atoms with E-state index < -0.39 is 0 Å². The van der Waals surface area contributed by atoms with Crippen molar-refractivity contribution in [3.8, 4) is 0 Å². The third-order valence-corrected chi connectivity index (χ3v) is 1.59. The van der Waals surface area contributed by atoms with Crippen molar-refractivity contribution in [2.24, 2.45) is 0 Å². The Balaban J connectivity index is 2.42. The van der Waals surface area contributed by atoms with Gasteiger partial charge in [-0.2, -0.15) is 0 Å². The Bertz CT molecular complexity index is 290. The number of hydrogen-bond acceptors (Lipinski definition) is 3. The summed E-state index contributed by atoms with van der Waals surface area (Å²) in [4.78, 5) is 23.2. The van der Waals surface area contributed by atoms with Gasteiger partial charge in [-0.3, -0.25) is 14.5 Å². The van der Waals surface area contributed by atoms with E-state index in [1.165, 1.54) is 23.6 Å². The average molecular weight is 151 g/mol. The lowest BCUT2D eigenvalue weighted by Crippen LogP contribution is -2.18. The van der Waals surface area contributed by atoms with Crippen molar-refractivity contribution in [1.82, 2.24) is 4.90 Å². The topological polar surface area (TPSA) is 46.6 Å². The van der Waals surface area contributed by atoms with E-state index >= 15 is 0 Å². The molecule has 0 saturated carbocycles. The van der Waals surface area contributed by atoms with Crippen molar-refractivity contribution in [2.45, 2.75) is 6.42 Å². The van der Waals surface area contributed by atoms with Crippen molar-refractivity contribution < 1.29 is 14.3 Å². The minimum atomic E-state index is -0.194. The van der Waals surface area contributed by atoms with Gasteiger partial charge in [0, 0.05) is 6.20 Å². The molecule has 4 heteroatoms. The van der Waals surface area contributed by atoms with Crippen molar-refractivity contribution in [3.63, 3.8) is 0 Å². The molecule has 2 rings (SSSR count). The van der Waals surface area contributed by atoms with Crippen LogP contribution in [-0.2, 0) is 14.3 Å². The van der Waals surface area contributed by atoms with Gasteiger partial charge in [-0.25, -0.2) is 0 Å². The maximum atomic E-state index is 11.0. The van der Waals surface area contributed by atoms with E-state index in [-0.39, 0.29) is 18.1 Å². The largest absolute Gasteiger partial charge is 0.469 e. The van der Waals surface area contributed by atoms with Gasteiger partial charge in [0.1, 0.15) is 18.2 Å². The number of carbonyl (C=O) groups excluding carboxylic acids is 2. The molecule has 0 aromatic heterocycles. The second-order valence-corrected chi connectivity index (χ2v) is 2.29. The fourth-order valence-electron chi connectivity index (χ4n) is 1.07. The van der Waals surface area contributed by atoms with Crippen LogP contribution >= 0.6 is 0 Å². The van der Waals surface area contributed by atoms with Crippen LogP contribution in [-0.4, -0.2) is 16.6 Å². The first kappa shape index (κ1) is 6.15. The Kier molecular flexibility index (Phi) is 1.09. The van der Waals surface area contributed by atoms with Gasteiger partial charge in [0.05, 0.1) is 6.42 Å². The lowest BCUT2D eigenvalue weighted by Gasteiger charge is -2.13. The van der Waals surface area contributed by atoms with E-state index in [0.29, 0.717) is 5.70 Å². The van der Waals surface area contributed by atoms with E-state index in [9.17, 15) is 9.59 Å². The lowest BCUT2D eigenvalue weighted by atomic mass is 10.3. The maximum absolute atomic E-state index is 11.0. The molecule has 2 heterocycles. The summed E-state index contributed by atoms with van der Waals surface area (Å²) in [6, 6.07) is 0. The quantitative estimate of drug-likeness (QED) is 0.462. The monoisotopic (exact) mass is 151 g/mol. The van der Waals surface area contributed by atoms with Gasteiger partial charge >= 0.3 is 0 Å². The van der Waals surface area contributed by atoms with Crippen LogP contribution < -0.4 is 0 Å². The van der Waals surface area contributed by atoms with Gasteiger partial charge in [-0.1, -0.05) is 0 Å². The summed E-state index contributed by atoms with van der Waals surface area (Å²) in [7, 11) is 0. The Morgan fingerprint density at radius 1 is 1.45 bits per heavy atom. The van der Waals surface area contributed by atoms with Crippen LogP contribution in [0.4, 0.5) is 0 Å². The summed E-state index contributed by atoms with van der Waals surface area (Å²) in [6.45, 7) is 0. The number of nitrogens with zero attached hydrogens (tertiary/aromatic N) is 1. The zero-order valence-electron chi connectivity index (χ0n) is 5.61. The summed E-state index contributed by atoms with van der Waals surface area (Å²) in [5.74, 6) is -0.375. The predicted octanol–water partition coefficient (Wildman–Crippen LogP) is 0.131. The highest BCUT2D eigenvalue weighted by Crippen LogP contribution is 2.21. The number of allylic oxidation sites excluding steroid dienone is 1. The number of ketones is 1. The van der Waals surface area contributed by atoms with Crippen molar-refractivity contribution >= 4 is 11.7 Å².